The summed E-state index contributed by atoms with van der Waals surface area (Å²) >= 11 is 0. The smallest absolute Gasteiger partial charge is 0.256 e. The van der Waals surface area contributed by atoms with Crippen LogP contribution in [-0.2, 0) is 4.79 Å². The Hall–Kier alpha value is -3.28. The number of carbonyl (C=O) groups excluding carboxylic acids is 2. The van der Waals surface area contributed by atoms with Crippen molar-refractivity contribution in [1.29, 1.82) is 0 Å². The number of rotatable bonds is 2. The second-order valence-electron chi connectivity index (χ2n) is 6.28. The first-order valence-electron chi connectivity index (χ1n) is 8.50. The van der Waals surface area contributed by atoms with Gasteiger partial charge < -0.3 is 9.80 Å². The van der Waals surface area contributed by atoms with E-state index >= 15 is 0 Å². The fourth-order valence-electron chi connectivity index (χ4n) is 3.21. The molecule has 130 valence electrons. The van der Waals surface area contributed by atoms with Gasteiger partial charge in [-0.1, -0.05) is 18.2 Å². The Morgan fingerprint density at radius 1 is 1.08 bits per heavy atom. The number of nitrogens with zero attached hydrogens (tertiary/aromatic N) is 4. The van der Waals surface area contributed by atoms with Gasteiger partial charge in [0.2, 0.25) is 5.91 Å². The topological polar surface area (TPSA) is 66.4 Å². The van der Waals surface area contributed by atoms with E-state index in [1.165, 1.54) is 0 Å². The monoisotopic (exact) mass is 346 g/mol. The average Bonchev–Trinajstić information content (AvgIpc) is 2.67. The minimum absolute atomic E-state index is 0.0677. The zero-order chi connectivity index (χ0) is 18.1. The number of para-hydroxylation sites is 1. The molecule has 3 heterocycles. The van der Waals surface area contributed by atoms with Crippen molar-refractivity contribution in [2.75, 3.05) is 24.5 Å². The molecule has 0 N–H and O–H groups in total. The molecule has 0 bridgehead atoms. The van der Waals surface area contributed by atoms with E-state index in [0.29, 0.717) is 30.0 Å². The molecule has 0 aliphatic carbocycles. The van der Waals surface area contributed by atoms with Crippen LogP contribution >= 0.6 is 0 Å². The van der Waals surface area contributed by atoms with Gasteiger partial charge >= 0.3 is 0 Å². The van der Waals surface area contributed by atoms with Gasteiger partial charge in [0.15, 0.2) is 5.65 Å². The van der Waals surface area contributed by atoms with Crippen LogP contribution in [0.15, 0.2) is 54.7 Å². The maximum Gasteiger partial charge on any atom is 0.256 e. The van der Waals surface area contributed by atoms with E-state index in [0.717, 1.165) is 11.1 Å². The summed E-state index contributed by atoms with van der Waals surface area (Å²) in [6.07, 6.45) is 1.68. The van der Waals surface area contributed by atoms with Crippen molar-refractivity contribution in [3.8, 4) is 0 Å². The van der Waals surface area contributed by atoms with Crippen molar-refractivity contribution < 1.29 is 9.59 Å². The number of pyridine rings is 2. The second-order valence-corrected chi connectivity index (χ2v) is 6.28. The van der Waals surface area contributed by atoms with Crippen LogP contribution in [0.1, 0.15) is 16.1 Å². The molecule has 1 fully saturated rings. The Morgan fingerprint density at radius 3 is 2.65 bits per heavy atom. The van der Waals surface area contributed by atoms with Crippen LogP contribution in [0.3, 0.4) is 0 Å². The molecule has 2 amide bonds. The second kappa shape index (κ2) is 6.55. The summed E-state index contributed by atoms with van der Waals surface area (Å²) in [7, 11) is 0. The fourth-order valence-corrected chi connectivity index (χ4v) is 3.21. The molecule has 1 saturated heterocycles. The van der Waals surface area contributed by atoms with Gasteiger partial charge in [-0.2, -0.15) is 0 Å². The predicted octanol–water partition coefficient (Wildman–Crippen LogP) is 2.43. The van der Waals surface area contributed by atoms with Gasteiger partial charge in [-0.15, -0.1) is 0 Å². The van der Waals surface area contributed by atoms with Crippen molar-refractivity contribution in [1.82, 2.24) is 14.9 Å². The number of hydrogen-bond donors (Lipinski definition) is 0. The van der Waals surface area contributed by atoms with Gasteiger partial charge in [-0.3, -0.25) is 9.59 Å². The Labute approximate surface area is 151 Å². The highest BCUT2D eigenvalue weighted by atomic mass is 16.2. The summed E-state index contributed by atoms with van der Waals surface area (Å²) in [5.74, 6) is -0.245. The van der Waals surface area contributed by atoms with Crippen molar-refractivity contribution >= 4 is 28.5 Å². The molecular formula is C20H18N4O2. The minimum Gasteiger partial charge on any atom is -0.327 e. The molecule has 1 aromatic carbocycles. The van der Waals surface area contributed by atoms with E-state index in [2.05, 4.69) is 9.97 Å². The summed E-state index contributed by atoms with van der Waals surface area (Å²) < 4.78 is 0. The number of fused-ring (bicyclic) bond motifs is 1. The Bertz CT molecular complexity index is 988. The van der Waals surface area contributed by atoms with E-state index in [1.54, 1.807) is 29.0 Å². The summed E-state index contributed by atoms with van der Waals surface area (Å²) in [6, 6.07) is 15.0. The van der Waals surface area contributed by atoms with E-state index in [1.807, 2.05) is 42.5 Å². The molecule has 4 rings (SSSR count). The summed E-state index contributed by atoms with van der Waals surface area (Å²) in [5, 5.41) is 0.815. The van der Waals surface area contributed by atoms with Crippen LogP contribution < -0.4 is 4.90 Å². The molecule has 1 aliphatic heterocycles. The van der Waals surface area contributed by atoms with Gasteiger partial charge in [-0.05, 0) is 37.3 Å². The van der Waals surface area contributed by atoms with Gasteiger partial charge in [-0.25, -0.2) is 9.97 Å². The first kappa shape index (κ1) is 16.2. The highest BCUT2D eigenvalue weighted by molar-refractivity contribution is 6.03. The molecular weight excluding hydrogens is 328 g/mol. The fraction of sp³-hybridized carbons (Fsp3) is 0.200. The predicted molar refractivity (Wildman–Crippen MR) is 99.0 cm³/mol. The number of benzene rings is 1. The van der Waals surface area contributed by atoms with Gasteiger partial charge in [0.25, 0.3) is 5.91 Å². The summed E-state index contributed by atoms with van der Waals surface area (Å²) in [4.78, 5) is 37.4. The number of carbonyl (C=O) groups is 2. The third kappa shape index (κ3) is 2.90. The quantitative estimate of drug-likeness (QED) is 0.715. The lowest BCUT2D eigenvalue weighted by molar-refractivity contribution is -0.120. The van der Waals surface area contributed by atoms with Crippen molar-refractivity contribution in [2.24, 2.45) is 0 Å². The molecule has 26 heavy (non-hydrogen) atoms. The minimum atomic E-state index is -0.165. The average molecular weight is 346 g/mol. The number of aryl methyl sites for hydroxylation is 1. The normalized spacial score (nSPS) is 14.7. The van der Waals surface area contributed by atoms with Crippen LogP contribution in [0.25, 0.3) is 11.0 Å². The van der Waals surface area contributed by atoms with Crippen LogP contribution in [-0.4, -0.2) is 46.3 Å². The van der Waals surface area contributed by atoms with Crippen LogP contribution in [0.4, 0.5) is 5.69 Å². The van der Waals surface area contributed by atoms with E-state index in [-0.39, 0.29) is 18.4 Å². The third-order valence-corrected chi connectivity index (χ3v) is 4.59. The number of amides is 2. The number of anilines is 1. The Kier molecular flexibility index (Phi) is 4.08. The van der Waals surface area contributed by atoms with Gasteiger partial charge in [0.05, 0.1) is 11.3 Å². The molecule has 0 unspecified atom stereocenters. The van der Waals surface area contributed by atoms with Crippen molar-refractivity contribution in [3.05, 3.63) is 66.0 Å². The Morgan fingerprint density at radius 2 is 1.88 bits per heavy atom. The van der Waals surface area contributed by atoms with Crippen LogP contribution in [0, 0.1) is 6.92 Å². The van der Waals surface area contributed by atoms with Gasteiger partial charge in [0, 0.05) is 30.4 Å². The number of piperazine rings is 1. The van der Waals surface area contributed by atoms with E-state index < -0.39 is 0 Å². The maximum absolute atomic E-state index is 12.9. The molecule has 2 aromatic heterocycles. The molecule has 0 radical (unpaired) electrons. The molecule has 3 aromatic rings. The summed E-state index contributed by atoms with van der Waals surface area (Å²) in [5.41, 5.74) is 2.62. The van der Waals surface area contributed by atoms with E-state index in [4.69, 9.17) is 0 Å². The van der Waals surface area contributed by atoms with Crippen molar-refractivity contribution in [2.45, 2.75) is 6.92 Å². The molecule has 6 nitrogen and oxygen atoms in total. The first-order valence-corrected chi connectivity index (χ1v) is 8.50. The molecule has 1 aliphatic rings. The van der Waals surface area contributed by atoms with Crippen LogP contribution in [0.5, 0.6) is 0 Å². The SMILES string of the molecule is Cc1nc2ncccc2cc1C(=O)N1CCN(c2ccccc2)C(=O)C1. The van der Waals surface area contributed by atoms with Gasteiger partial charge in [0.1, 0.15) is 6.54 Å². The maximum atomic E-state index is 12.9. The molecule has 6 heteroatoms. The zero-order valence-corrected chi connectivity index (χ0v) is 14.4. The highest BCUT2D eigenvalue weighted by Gasteiger charge is 2.29. The Balaban J connectivity index is 1.57. The summed E-state index contributed by atoms with van der Waals surface area (Å²) in [6.45, 7) is 2.84. The number of hydrogen-bond acceptors (Lipinski definition) is 4. The first-order chi connectivity index (χ1) is 12.6. The molecule has 0 atom stereocenters. The highest BCUT2D eigenvalue weighted by Crippen LogP contribution is 2.20. The lowest BCUT2D eigenvalue weighted by atomic mass is 10.1. The van der Waals surface area contributed by atoms with Crippen molar-refractivity contribution in [3.63, 3.8) is 0 Å². The van der Waals surface area contributed by atoms with E-state index in [9.17, 15) is 9.59 Å². The molecule has 0 saturated carbocycles. The standard InChI is InChI=1S/C20H18N4O2/c1-14-17(12-15-6-5-9-21-19(15)22-14)20(26)23-10-11-24(18(25)13-23)16-7-3-2-4-8-16/h2-9,12H,10-11,13H2,1H3. The lowest BCUT2D eigenvalue weighted by Gasteiger charge is -2.34. The molecule has 0 spiro atoms. The number of aromatic nitrogens is 2. The van der Waals surface area contributed by atoms with Crippen LogP contribution in [0.2, 0.25) is 0 Å². The largest absolute Gasteiger partial charge is 0.327 e. The zero-order valence-electron chi connectivity index (χ0n) is 14.4. The third-order valence-electron chi connectivity index (χ3n) is 4.59. The lowest BCUT2D eigenvalue weighted by Crippen LogP contribution is -2.52.